The van der Waals surface area contributed by atoms with Crippen molar-refractivity contribution in [3.8, 4) is 0 Å². The van der Waals surface area contributed by atoms with E-state index >= 15 is 0 Å². The molecule has 0 saturated heterocycles. The number of methoxy groups -OCH3 is 1. The van der Waals surface area contributed by atoms with Crippen molar-refractivity contribution in [1.29, 1.82) is 0 Å². The third-order valence-corrected chi connectivity index (χ3v) is 1.78. The van der Waals surface area contributed by atoms with E-state index in [0.717, 1.165) is 0 Å². The first kappa shape index (κ1) is 9.57. The molecule has 1 rings (SSSR count). The van der Waals surface area contributed by atoms with Gasteiger partial charge in [-0.05, 0) is 0 Å². The van der Waals surface area contributed by atoms with Crippen LogP contribution in [0.5, 0.6) is 0 Å². The zero-order valence-corrected chi connectivity index (χ0v) is 7.66. The zero-order valence-electron chi connectivity index (χ0n) is 7.66. The van der Waals surface area contributed by atoms with Gasteiger partial charge in [0.15, 0.2) is 0 Å². The number of rotatable bonds is 1. The molecule has 0 aromatic heterocycles. The molecule has 1 N–H and O–H groups in total. The van der Waals surface area contributed by atoms with Gasteiger partial charge in [-0.3, -0.25) is 4.79 Å². The number of esters is 1. The Morgan fingerprint density at radius 3 is 2.85 bits per heavy atom. The van der Waals surface area contributed by atoms with Gasteiger partial charge in [-0.25, -0.2) is 4.79 Å². The summed E-state index contributed by atoms with van der Waals surface area (Å²) in [6.45, 7) is 2.57. The average molecular weight is 184 g/mol. The Bertz CT molecular complexity index is 260. The molecule has 0 aliphatic carbocycles. The van der Waals surface area contributed by atoms with E-state index in [0.29, 0.717) is 13.1 Å². The lowest BCUT2D eigenvalue weighted by Crippen LogP contribution is -2.41. The second-order valence-corrected chi connectivity index (χ2v) is 2.65. The molecule has 5 nitrogen and oxygen atoms in total. The number of amides is 1. The highest BCUT2D eigenvalue weighted by atomic mass is 16.5. The van der Waals surface area contributed by atoms with Crippen molar-refractivity contribution in [2.45, 2.75) is 6.92 Å². The molecule has 0 aromatic carbocycles. The first-order valence-corrected chi connectivity index (χ1v) is 3.96. The second-order valence-electron chi connectivity index (χ2n) is 2.65. The summed E-state index contributed by atoms with van der Waals surface area (Å²) in [6, 6.07) is 0. The molecular weight excluding hydrogens is 172 g/mol. The Kier molecular flexibility index (Phi) is 2.89. The van der Waals surface area contributed by atoms with Gasteiger partial charge in [-0.15, -0.1) is 0 Å². The zero-order chi connectivity index (χ0) is 9.84. The molecule has 1 amide bonds. The van der Waals surface area contributed by atoms with Crippen molar-refractivity contribution < 1.29 is 14.3 Å². The molecule has 0 aromatic rings. The lowest BCUT2D eigenvalue weighted by Gasteiger charge is -2.26. The molecule has 1 aliphatic heterocycles. The first-order valence-electron chi connectivity index (χ1n) is 3.96. The van der Waals surface area contributed by atoms with Crippen LogP contribution in [0.4, 0.5) is 0 Å². The number of nitrogens with one attached hydrogen (secondary N) is 1. The predicted octanol–water partition coefficient (Wildman–Crippen LogP) is -0.548. The quantitative estimate of drug-likeness (QED) is 0.556. The van der Waals surface area contributed by atoms with Gasteiger partial charge in [0.05, 0.1) is 7.11 Å². The highest BCUT2D eigenvalue weighted by molar-refractivity contribution is 5.93. The fourth-order valence-corrected chi connectivity index (χ4v) is 1.14. The number of carbonyl (C=O) groups excluding carboxylic acids is 2. The molecular formula is C8H12N2O3. The molecule has 0 atom stereocenters. The summed E-state index contributed by atoms with van der Waals surface area (Å²) in [5.41, 5.74) is 0.265. The summed E-state index contributed by atoms with van der Waals surface area (Å²) < 4.78 is 4.53. The third kappa shape index (κ3) is 1.99. The largest absolute Gasteiger partial charge is 0.464 e. The lowest BCUT2D eigenvalue weighted by atomic mass is 10.3. The fourth-order valence-electron chi connectivity index (χ4n) is 1.14. The smallest absolute Gasteiger partial charge is 0.356 e. The van der Waals surface area contributed by atoms with Crippen molar-refractivity contribution in [2.75, 3.05) is 20.2 Å². The van der Waals surface area contributed by atoms with E-state index in [-0.39, 0.29) is 11.6 Å². The minimum absolute atomic E-state index is 0.154. The number of hydrogen-bond donors (Lipinski definition) is 1. The van der Waals surface area contributed by atoms with Gasteiger partial charge in [0.2, 0.25) is 5.91 Å². The van der Waals surface area contributed by atoms with Gasteiger partial charge in [0, 0.05) is 26.2 Å². The van der Waals surface area contributed by atoms with Crippen molar-refractivity contribution >= 4 is 11.9 Å². The normalized spacial score (nSPS) is 15.8. The van der Waals surface area contributed by atoms with Crippen LogP contribution in [0.15, 0.2) is 11.9 Å². The molecule has 0 unspecified atom stereocenters. The SMILES string of the molecule is COC(=O)C1=CNCCN1C(C)=O. The minimum atomic E-state index is -0.498. The summed E-state index contributed by atoms with van der Waals surface area (Å²) >= 11 is 0. The maximum atomic E-state index is 11.2. The van der Waals surface area contributed by atoms with Gasteiger partial charge >= 0.3 is 5.97 Å². The Balaban J connectivity index is 2.83. The number of carbonyl (C=O) groups is 2. The molecule has 0 bridgehead atoms. The van der Waals surface area contributed by atoms with Crippen LogP contribution in [0.25, 0.3) is 0 Å². The van der Waals surface area contributed by atoms with E-state index in [4.69, 9.17) is 0 Å². The van der Waals surface area contributed by atoms with Crippen LogP contribution in [0.1, 0.15) is 6.92 Å². The molecule has 13 heavy (non-hydrogen) atoms. The van der Waals surface area contributed by atoms with Gasteiger partial charge < -0.3 is 15.0 Å². The Hall–Kier alpha value is -1.52. The predicted molar refractivity (Wildman–Crippen MR) is 45.5 cm³/mol. The first-order chi connectivity index (χ1) is 6.16. The summed E-state index contributed by atoms with van der Waals surface area (Å²) in [4.78, 5) is 23.6. The van der Waals surface area contributed by atoms with Crippen molar-refractivity contribution in [2.24, 2.45) is 0 Å². The molecule has 1 aliphatic rings. The van der Waals surface area contributed by atoms with Crippen LogP contribution in [-0.2, 0) is 14.3 Å². The van der Waals surface area contributed by atoms with E-state index in [1.54, 1.807) is 0 Å². The molecule has 1 heterocycles. The molecule has 0 spiro atoms. The molecule has 0 radical (unpaired) electrons. The van der Waals surface area contributed by atoms with E-state index < -0.39 is 5.97 Å². The number of ether oxygens (including phenoxy) is 1. The summed E-state index contributed by atoms with van der Waals surface area (Å²) in [5.74, 6) is -0.652. The second kappa shape index (κ2) is 3.93. The summed E-state index contributed by atoms with van der Waals surface area (Å²) in [5, 5.41) is 2.88. The van der Waals surface area contributed by atoms with Crippen molar-refractivity contribution in [1.82, 2.24) is 10.2 Å². The van der Waals surface area contributed by atoms with E-state index in [2.05, 4.69) is 10.1 Å². The van der Waals surface area contributed by atoms with E-state index in [1.807, 2.05) is 0 Å². The van der Waals surface area contributed by atoms with Gasteiger partial charge in [-0.1, -0.05) is 0 Å². The summed E-state index contributed by atoms with van der Waals surface area (Å²) in [6.07, 6.45) is 1.50. The van der Waals surface area contributed by atoms with Crippen molar-refractivity contribution in [3.63, 3.8) is 0 Å². The maximum absolute atomic E-state index is 11.2. The van der Waals surface area contributed by atoms with Crippen LogP contribution in [-0.4, -0.2) is 37.0 Å². The third-order valence-electron chi connectivity index (χ3n) is 1.78. The topological polar surface area (TPSA) is 58.6 Å². The average Bonchev–Trinajstić information content (AvgIpc) is 2.16. The molecule has 0 saturated carbocycles. The minimum Gasteiger partial charge on any atom is -0.464 e. The Labute approximate surface area is 76.3 Å². The van der Waals surface area contributed by atoms with E-state index in [1.165, 1.54) is 25.1 Å². The lowest BCUT2D eigenvalue weighted by molar-refractivity contribution is -0.141. The van der Waals surface area contributed by atoms with Crippen LogP contribution in [0, 0.1) is 0 Å². The molecule has 0 fully saturated rings. The number of nitrogens with zero attached hydrogens (tertiary/aromatic N) is 1. The van der Waals surface area contributed by atoms with Crippen LogP contribution in [0.3, 0.4) is 0 Å². The Morgan fingerprint density at radius 1 is 1.62 bits per heavy atom. The highest BCUT2D eigenvalue weighted by Gasteiger charge is 2.23. The summed E-state index contributed by atoms with van der Waals surface area (Å²) in [7, 11) is 1.29. The Morgan fingerprint density at radius 2 is 2.31 bits per heavy atom. The van der Waals surface area contributed by atoms with Gasteiger partial charge in [-0.2, -0.15) is 0 Å². The molecule has 5 heteroatoms. The maximum Gasteiger partial charge on any atom is 0.356 e. The monoisotopic (exact) mass is 184 g/mol. The molecule has 72 valence electrons. The van der Waals surface area contributed by atoms with Crippen LogP contribution < -0.4 is 5.32 Å². The van der Waals surface area contributed by atoms with Gasteiger partial charge in [0.25, 0.3) is 0 Å². The van der Waals surface area contributed by atoms with Crippen LogP contribution in [0.2, 0.25) is 0 Å². The van der Waals surface area contributed by atoms with Crippen molar-refractivity contribution in [3.05, 3.63) is 11.9 Å². The standard InChI is InChI=1S/C8H12N2O3/c1-6(11)10-4-3-9-5-7(10)8(12)13-2/h5,9H,3-4H2,1-2H3. The van der Waals surface area contributed by atoms with E-state index in [9.17, 15) is 9.59 Å². The van der Waals surface area contributed by atoms with Gasteiger partial charge in [0.1, 0.15) is 5.70 Å². The van der Waals surface area contributed by atoms with Crippen LogP contribution >= 0.6 is 0 Å². The highest BCUT2D eigenvalue weighted by Crippen LogP contribution is 2.08. The number of hydrogen-bond acceptors (Lipinski definition) is 4. The fraction of sp³-hybridized carbons (Fsp3) is 0.500.